The largest absolute Gasteiger partial charge is 0.351 e. The van der Waals surface area contributed by atoms with Crippen LogP contribution in [-0.4, -0.2) is 27.0 Å². The normalized spacial score (nSPS) is 13.6. The van der Waals surface area contributed by atoms with E-state index in [2.05, 4.69) is 10.3 Å². The van der Waals surface area contributed by atoms with Crippen LogP contribution >= 0.6 is 23.1 Å². The monoisotopic (exact) mass is 413 g/mol. The summed E-state index contributed by atoms with van der Waals surface area (Å²) in [5.41, 5.74) is 0.629. The van der Waals surface area contributed by atoms with E-state index in [1.54, 1.807) is 16.7 Å². The van der Waals surface area contributed by atoms with Crippen molar-refractivity contribution in [2.45, 2.75) is 37.5 Å². The predicted octanol–water partition coefficient (Wildman–Crippen LogP) is 3.40. The molecule has 0 aliphatic heterocycles. The molecule has 4 rings (SSSR count). The number of benzene rings is 1. The van der Waals surface area contributed by atoms with Crippen LogP contribution in [0.1, 0.15) is 40.4 Å². The molecule has 3 aromatic rings. The maximum Gasteiger partial charge on any atom is 0.262 e. The first-order valence-electron chi connectivity index (χ1n) is 9.03. The topological polar surface area (TPSA) is 81.1 Å². The van der Waals surface area contributed by atoms with E-state index in [-0.39, 0.29) is 29.0 Å². The Kier molecular flexibility index (Phi) is 5.32. The number of para-hydroxylation sites is 1. The van der Waals surface area contributed by atoms with E-state index in [1.165, 1.54) is 30.0 Å². The molecular weight excluding hydrogens is 394 g/mol. The number of carbonyl (C=O) groups excluding carboxylic acids is 2. The van der Waals surface area contributed by atoms with Crippen LogP contribution in [0.2, 0.25) is 0 Å². The Hall–Kier alpha value is -2.45. The highest BCUT2D eigenvalue weighted by atomic mass is 32.2. The second kappa shape index (κ2) is 7.89. The van der Waals surface area contributed by atoms with Crippen LogP contribution in [0.25, 0.3) is 10.9 Å². The van der Waals surface area contributed by atoms with Gasteiger partial charge in [-0.25, -0.2) is 4.98 Å². The molecule has 0 radical (unpaired) electrons. The smallest absolute Gasteiger partial charge is 0.262 e. The molecule has 1 fully saturated rings. The summed E-state index contributed by atoms with van der Waals surface area (Å²) in [7, 11) is 0. The number of thiophene rings is 1. The molecule has 1 amide bonds. The summed E-state index contributed by atoms with van der Waals surface area (Å²) in [5.74, 6) is 0.114. The lowest BCUT2D eigenvalue weighted by Gasteiger charge is -2.11. The van der Waals surface area contributed by atoms with Crippen LogP contribution in [0.3, 0.4) is 0 Å². The molecule has 28 heavy (non-hydrogen) atoms. The van der Waals surface area contributed by atoms with Crippen LogP contribution < -0.4 is 10.9 Å². The first-order chi connectivity index (χ1) is 13.5. The second-order valence-corrected chi connectivity index (χ2v) is 8.82. The molecule has 0 atom stereocenters. The third-order valence-corrected chi connectivity index (χ3v) is 6.55. The number of rotatable bonds is 7. The van der Waals surface area contributed by atoms with Crippen molar-refractivity contribution >= 4 is 45.7 Å². The van der Waals surface area contributed by atoms with Gasteiger partial charge in [-0.15, -0.1) is 11.3 Å². The molecule has 0 unspecified atom stereocenters. The Balaban J connectivity index is 1.52. The number of carbonyl (C=O) groups is 2. The average Bonchev–Trinajstić information content (AvgIpc) is 3.40. The van der Waals surface area contributed by atoms with Gasteiger partial charge in [0.2, 0.25) is 5.91 Å². The molecule has 0 bridgehead atoms. The highest BCUT2D eigenvalue weighted by molar-refractivity contribution is 7.99. The van der Waals surface area contributed by atoms with Crippen molar-refractivity contribution in [3.63, 3.8) is 0 Å². The molecule has 1 aliphatic rings. The van der Waals surface area contributed by atoms with Gasteiger partial charge in [0.15, 0.2) is 10.9 Å². The number of aromatic nitrogens is 2. The van der Waals surface area contributed by atoms with Gasteiger partial charge in [0, 0.05) is 17.8 Å². The minimum absolute atomic E-state index is 0.00571. The minimum Gasteiger partial charge on any atom is -0.351 e. The molecule has 1 aliphatic carbocycles. The molecule has 0 spiro atoms. The zero-order valence-electron chi connectivity index (χ0n) is 15.3. The fourth-order valence-electron chi connectivity index (χ4n) is 2.92. The highest BCUT2D eigenvalue weighted by Crippen LogP contribution is 2.37. The van der Waals surface area contributed by atoms with Gasteiger partial charge in [0.25, 0.3) is 5.56 Å². The number of ketones is 1. The maximum absolute atomic E-state index is 12.9. The fraction of sp³-hybridized carbons (Fsp3) is 0.300. The van der Waals surface area contributed by atoms with Gasteiger partial charge in [-0.2, -0.15) is 0 Å². The summed E-state index contributed by atoms with van der Waals surface area (Å²) < 4.78 is 1.75. The maximum atomic E-state index is 12.9. The molecule has 8 heteroatoms. The molecule has 2 aromatic heterocycles. The predicted molar refractivity (Wildman–Crippen MR) is 111 cm³/mol. The van der Waals surface area contributed by atoms with E-state index in [4.69, 9.17) is 0 Å². The van der Waals surface area contributed by atoms with Gasteiger partial charge in [-0.3, -0.25) is 19.0 Å². The van der Waals surface area contributed by atoms with Crippen molar-refractivity contribution in [3.05, 3.63) is 56.5 Å². The molecule has 6 nitrogen and oxygen atoms in total. The van der Waals surface area contributed by atoms with Crippen molar-refractivity contribution in [2.75, 3.05) is 5.75 Å². The molecule has 1 N–H and O–H groups in total. The lowest BCUT2D eigenvalue weighted by atomic mass is 10.2. The Morgan fingerprint density at radius 1 is 1.25 bits per heavy atom. The van der Waals surface area contributed by atoms with Crippen molar-refractivity contribution in [3.8, 4) is 0 Å². The van der Waals surface area contributed by atoms with Crippen LogP contribution in [0, 0.1) is 0 Å². The van der Waals surface area contributed by atoms with E-state index >= 15 is 0 Å². The number of nitrogens with zero attached hydrogens (tertiary/aromatic N) is 2. The number of nitrogens with one attached hydrogen (secondary N) is 1. The first-order valence-corrected chi connectivity index (χ1v) is 10.8. The van der Waals surface area contributed by atoms with E-state index in [0.717, 1.165) is 17.7 Å². The van der Waals surface area contributed by atoms with Gasteiger partial charge < -0.3 is 5.32 Å². The number of hydrogen-bond acceptors (Lipinski definition) is 6. The number of Topliss-reactive ketones (excluding diaryl/α,β-unsaturated/α-hetero) is 1. The van der Waals surface area contributed by atoms with Gasteiger partial charge in [-0.05, 0) is 37.1 Å². The quantitative estimate of drug-likeness (QED) is 0.365. The first kappa shape index (κ1) is 18.9. The number of hydrogen-bond donors (Lipinski definition) is 1. The lowest BCUT2D eigenvalue weighted by molar-refractivity contribution is -0.119. The molecular formula is C20H19N3O3S2. The van der Waals surface area contributed by atoms with Crippen LogP contribution in [-0.2, 0) is 11.3 Å². The molecule has 2 heterocycles. The van der Waals surface area contributed by atoms with Gasteiger partial charge in [-0.1, -0.05) is 23.9 Å². The van der Waals surface area contributed by atoms with Crippen molar-refractivity contribution < 1.29 is 9.59 Å². The van der Waals surface area contributed by atoms with Crippen LogP contribution in [0.5, 0.6) is 0 Å². The number of fused-ring (bicyclic) bond motifs is 1. The highest BCUT2D eigenvalue weighted by Gasteiger charge is 2.28. The second-order valence-electron chi connectivity index (χ2n) is 6.71. The Morgan fingerprint density at radius 3 is 2.79 bits per heavy atom. The molecule has 0 saturated heterocycles. The summed E-state index contributed by atoms with van der Waals surface area (Å²) in [6.45, 7) is 1.89. The zero-order chi connectivity index (χ0) is 19.7. The Bertz CT molecular complexity index is 1120. The summed E-state index contributed by atoms with van der Waals surface area (Å²) in [4.78, 5) is 42.7. The fourth-order valence-corrected chi connectivity index (χ4v) is 4.84. The van der Waals surface area contributed by atoms with E-state index in [9.17, 15) is 14.4 Å². The van der Waals surface area contributed by atoms with E-state index in [0.29, 0.717) is 27.5 Å². The number of amides is 1. The summed E-state index contributed by atoms with van der Waals surface area (Å²) in [6, 6.07) is 11.2. The SMILES string of the molecule is CC(=O)NCc1ccc(C(=O)CSc2nc3ccccc3c(=O)n2C2CC2)s1. The lowest BCUT2D eigenvalue weighted by Crippen LogP contribution is -2.22. The van der Waals surface area contributed by atoms with Crippen LogP contribution in [0.4, 0.5) is 0 Å². The summed E-state index contributed by atoms with van der Waals surface area (Å²) >= 11 is 2.69. The molecule has 144 valence electrons. The molecule has 1 saturated carbocycles. The van der Waals surface area contributed by atoms with Gasteiger partial charge in [0.1, 0.15) is 0 Å². The van der Waals surface area contributed by atoms with Crippen molar-refractivity contribution in [2.24, 2.45) is 0 Å². The average molecular weight is 414 g/mol. The van der Waals surface area contributed by atoms with Gasteiger partial charge >= 0.3 is 0 Å². The third kappa shape index (κ3) is 4.02. The Labute approximate surface area is 170 Å². The van der Waals surface area contributed by atoms with Crippen molar-refractivity contribution in [1.82, 2.24) is 14.9 Å². The van der Waals surface area contributed by atoms with Crippen LogP contribution in [0.15, 0.2) is 46.3 Å². The Morgan fingerprint density at radius 2 is 2.04 bits per heavy atom. The van der Waals surface area contributed by atoms with E-state index in [1.807, 2.05) is 24.3 Å². The number of thioether (sulfide) groups is 1. The standard InChI is InChI=1S/C20H19N3O3S2/c1-12(24)21-10-14-8-9-18(28-14)17(25)11-27-20-22-16-5-3-2-4-15(16)19(26)23(20)13-6-7-13/h2-5,8-9,13H,6-7,10-11H2,1H3,(H,21,24). The molecule has 1 aromatic carbocycles. The van der Waals surface area contributed by atoms with Crippen molar-refractivity contribution in [1.29, 1.82) is 0 Å². The summed E-state index contributed by atoms with van der Waals surface area (Å²) in [6.07, 6.45) is 1.94. The minimum atomic E-state index is -0.0998. The summed E-state index contributed by atoms with van der Waals surface area (Å²) in [5, 5.41) is 3.95. The van der Waals surface area contributed by atoms with Gasteiger partial charge in [0.05, 0.1) is 28.1 Å². The third-order valence-electron chi connectivity index (χ3n) is 4.47. The van der Waals surface area contributed by atoms with E-state index < -0.39 is 0 Å². The zero-order valence-corrected chi connectivity index (χ0v) is 16.9.